The molecule has 0 aliphatic carbocycles. The lowest BCUT2D eigenvalue weighted by atomic mass is 10.0. The lowest BCUT2D eigenvalue weighted by molar-refractivity contribution is 0.372. The number of hydrogen-bond donors (Lipinski definition) is 0. The second-order valence-corrected chi connectivity index (χ2v) is 5.22. The van der Waals surface area contributed by atoms with Gasteiger partial charge in [0, 0.05) is 25.5 Å². The largest absolute Gasteiger partial charge is 0.302 e. The highest BCUT2D eigenvalue weighted by molar-refractivity contribution is 6.99. The molecular weight excluding hydrogens is 268 g/mol. The number of aryl methyl sites for hydroxylation is 1. The summed E-state index contributed by atoms with van der Waals surface area (Å²) in [6.45, 7) is 4.30. The van der Waals surface area contributed by atoms with Crippen LogP contribution in [0.25, 0.3) is 5.57 Å². The highest BCUT2D eigenvalue weighted by Crippen LogP contribution is 2.22. The van der Waals surface area contributed by atoms with Crippen LogP contribution in [0, 0.1) is 0 Å². The van der Waals surface area contributed by atoms with Gasteiger partial charge < -0.3 is 4.90 Å². The van der Waals surface area contributed by atoms with Crippen LogP contribution in [-0.2, 0) is 6.42 Å². The SMILES string of the molecule is CCc1nsnc1C1=CCCN(C)C1.c1ccncc1. The van der Waals surface area contributed by atoms with Crippen molar-refractivity contribution in [3.05, 3.63) is 48.1 Å². The van der Waals surface area contributed by atoms with Crippen molar-refractivity contribution >= 4 is 17.3 Å². The molecule has 2 aromatic heterocycles. The van der Waals surface area contributed by atoms with Crippen molar-refractivity contribution in [2.45, 2.75) is 19.8 Å². The highest BCUT2D eigenvalue weighted by Gasteiger charge is 2.15. The zero-order valence-electron chi connectivity index (χ0n) is 12.0. The predicted molar refractivity (Wildman–Crippen MR) is 83.6 cm³/mol. The third-order valence-corrected chi connectivity index (χ3v) is 3.67. The van der Waals surface area contributed by atoms with E-state index in [1.807, 2.05) is 18.2 Å². The van der Waals surface area contributed by atoms with Crippen molar-refractivity contribution in [2.75, 3.05) is 20.1 Å². The summed E-state index contributed by atoms with van der Waals surface area (Å²) < 4.78 is 8.69. The average Bonchev–Trinajstić information content (AvgIpc) is 2.98. The lowest BCUT2D eigenvalue weighted by Gasteiger charge is -2.22. The molecule has 0 saturated carbocycles. The first-order valence-electron chi connectivity index (χ1n) is 6.85. The number of pyridine rings is 1. The first-order chi connectivity index (χ1) is 9.81. The molecule has 1 aliphatic rings. The van der Waals surface area contributed by atoms with Crippen LogP contribution in [0.3, 0.4) is 0 Å². The second kappa shape index (κ2) is 7.87. The van der Waals surface area contributed by atoms with Gasteiger partial charge in [-0.05, 0) is 37.6 Å². The van der Waals surface area contributed by atoms with Gasteiger partial charge in [-0.1, -0.05) is 19.1 Å². The Labute approximate surface area is 124 Å². The van der Waals surface area contributed by atoms with Crippen LogP contribution in [0.5, 0.6) is 0 Å². The Kier molecular flexibility index (Phi) is 5.83. The summed E-state index contributed by atoms with van der Waals surface area (Å²) in [4.78, 5) is 6.11. The molecule has 0 N–H and O–H groups in total. The maximum Gasteiger partial charge on any atom is 0.104 e. The van der Waals surface area contributed by atoms with Gasteiger partial charge in [-0.3, -0.25) is 4.98 Å². The van der Waals surface area contributed by atoms with Gasteiger partial charge in [0.1, 0.15) is 5.69 Å². The zero-order valence-corrected chi connectivity index (χ0v) is 12.8. The molecule has 3 heterocycles. The van der Waals surface area contributed by atoms with E-state index < -0.39 is 0 Å². The van der Waals surface area contributed by atoms with E-state index >= 15 is 0 Å². The molecule has 20 heavy (non-hydrogen) atoms. The van der Waals surface area contributed by atoms with E-state index in [9.17, 15) is 0 Å². The van der Waals surface area contributed by atoms with Gasteiger partial charge in [0.15, 0.2) is 0 Å². The zero-order chi connectivity index (χ0) is 14.2. The second-order valence-electron chi connectivity index (χ2n) is 4.69. The smallest absolute Gasteiger partial charge is 0.104 e. The van der Waals surface area contributed by atoms with Gasteiger partial charge in [-0.25, -0.2) is 0 Å². The highest BCUT2D eigenvalue weighted by atomic mass is 32.1. The fourth-order valence-corrected chi connectivity index (χ4v) is 2.72. The molecule has 5 heteroatoms. The number of rotatable bonds is 2. The van der Waals surface area contributed by atoms with Crippen molar-refractivity contribution < 1.29 is 0 Å². The molecule has 0 atom stereocenters. The van der Waals surface area contributed by atoms with E-state index in [1.54, 1.807) is 12.4 Å². The maximum absolute atomic E-state index is 4.38. The fraction of sp³-hybridized carbons (Fsp3) is 0.400. The van der Waals surface area contributed by atoms with Gasteiger partial charge in [0.05, 0.1) is 17.4 Å². The molecule has 0 unspecified atom stereocenters. The van der Waals surface area contributed by atoms with Gasteiger partial charge in [0.25, 0.3) is 0 Å². The minimum atomic E-state index is 0.979. The Morgan fingerprint density at radius 1 is 1.20 bits per heavy atom. The van der Waals surface area contributed by atoms with Crippen molar-refractivity contribution in [3.63, 3.8) is 0 Å². The van der Waals surface area contributed by atoms with Crippen LogP contribution in [0.4, 0.5) is 0 Å². The Bertz CT molecular complexity index is 509. The van der Waals surface area contributed by atoms with Crippen molar-refractivity contribution in [2.24, 2.45) is 0 Å². The molecule has 0 spiro atoms. The maximum atomic E-state index is 4.38. The van der Waals surface area contributed by atoms with E-state index in [4.69, 9.17) is 0 Å². The molecule has 4 nitrogen and oxygen atoms in total. The Morgan fingerprint density at radius 3 is 2.55 bits per heavy atom. The molecular formula is C15H20N4S. The van der Waals surface area contributed by atoms with E-state index in [0.29, 0.717) is 0 Å². The third-order valence-electron chi connectivity index (χ3n) is 3.10. The number of likely N-dealkylation sites (N-methyl/N-ethyl adjacent to an activating group) is 1. The van der Waals surface area contributed by atoms with Crippen molar-refractivity contribution in [1.82, 2.24) is 18.6 Å². The van der Waals surface area contributed by atoms with Gasteiger partial charge in [-0.2, -0.15) is 8.75 Å². The van der Waals surface area contributed by atoms with E-state index in [-0.39, 0.29) is 0 Å². The van der Waals surface area contributed by atoms with Crippen LogP contribution in [-0.4, -0.2) is 38.8 Å². The normalized spacial score (nSPS) is 15.2. The molecule has 0 bridgehead atoms. The Hall–Kier alpha value is -1.59. The molecule has 0 aromatic carbocycles. The Balaban J connectivity index is 0.000000205. The topological polar surface area (TPSA) is 41.9 Å². The molecule has 1 aliphatic heterocycles. The fourth-order valence-electron chi connectivity index (χ4n) is 2.06. The minimum absolute atomic E-state index is 0.979. The molecule has 0 saturated heterocycles. The molecule has 0 amide bonds. The predicted octanol–water partition coefficient (Wildman–Crippen LogP) is 2.90. The minimum Gasteiger partial charge on any atom is -0.302 e. The summed E-state index contributed by atoms with van der Waals surface area (Å²) in [7, 11) is 2.15. The van der Waals surface area contributed by atoms with E-state index in [0.717, 1.165) is 37.3 Å². The summed E-state index contributed by atoms with van der Waals surface area (Å²) in [6, 6.07) is 5.72. The molecule has 2 aromatic rings. The van der Waals surface area contributed by atoms with E-state index in [2.05, 4.69) is 38.7 Å². The van der Waals surface area contributed by atoms with Gasteiger partial charge >= 0.3 is 0 Å². The van der Waals surface area contributed by atoms with Crippen molar-refractivity contribution in [1.29, 1.82) is 0 Å². The summed E-state index contributed by atoms with van der Waals surface area (Å²) in [5.41, 5.74) is 3.63. The van der Waals surface area contributed by atoms with Crippen LogP contribution in [0.1, 0.15) is 24.7 Å². The summed E-state index contributed by atoms with van der Waals surface area (Å²) in [5.74, 6) is 0. The summed E-state index contributed by atoms with van der Waals surface area (Å²) in [5, 5.41) is 0. The van der Waals surface area contributed by atoms with Crippen LogP contribution >= 0.6 is 11.7 Å². The van der Waals surface area contributed by atoms with Crippen molar-refractivity contribution in [3.8, 4) is 0 Å². The first kappa shape index (κ1) is 14.8. The standard InChI is InChI=1S/C10H15N3S.C5H5N/c1-3-9-10(12-14-11-9)8-5-4-6-13(2)7-8;1-2-4-6-5-3-1/h5H,3-4,6-7H2,1-2H3;1-5H. The van der Waals surface area contributed by atoms with Crippen LogP contribution in [0.2, 0.25) is 0 Å². The van der Waals surface area contributed by atoms with Gasteiger partial charge in [0.2, 0.25) is 0 Å². The molecule has 106 valence electrons. The monoisotopic (exact) mass is 288 g/mol. The Morgan fingerprint density at radius 2 is 2.00 bits per heavy atom. The third kappa shape index (κ3) is 4.21. The summed E-state index contributed by atoms with van der Waals surface area (Å²) >= 11 is 1.33. The average molecular weight is 288 g/mol. The van der Waals surface area contributed by atoms with Gasteiger partial charge in [-0.15, -0.1) is 0 Å². The summed E-state index contributed by atoms with van der Waals surface area (Å²) in [6.07, 6.45) is 7.91. The molecule has 0 fully saturated rings. The van der Waals surface area contributed by atoms with E-state index in [1.165, 1.54) is 17.3 Å². The lowest BCUT2D eigenvalue weighted by Crippen LogP contribution is -2.25. The van der Waals surface area contributed by atoms with Crippen LogP contribution < -0.4 is 0 Å². The number of nitrogens with zero attached hydrogens (tertiary/aromatic N) is 4. The molecule has 3 rings (SSSR count). The van der Waals surface area contributed by atoms with Crippen LogP contribution in [0.15, 0.2) is 36.7 Å². The number of hydrogen-bond acceptors (Lipinski definition) is 5. The molecule has 0 radical (unpaired) electrons. The quantitative estimate of drug-likeness (QED) is 0.852. The number of aromatic nitrogens is 3. The first-order valence-corrected chi connectivity index (χ1v) is 7.58.